The lowest BCUT2D eigenvalue weighted by Crippen LogP contribution is -2.35. The zero-order valence-corrected chi connectivity index (χ0v) is 21.9. The smallest absolute Gasteiger partial charge is 0.259 e. The summed E-state index contributed by atoms with van der Waals surface area (Å²) in [6, 6.07) is 7.74. The highest BCUT2D eigenvalue weighted by Gasteiger charge is 2.36. The fourth-order valence-corrected chi connectivity index (χ4v) is 5.29. The summed E-state index contributed by atoms with van der Waals surface area (Å²) in [6.45, 7) is 12.0. The number of aromatic nitrogens is 1. The molecule has 2 amide bonds. The lowest BCUT2D eigenvalue weighted by Gasteiger charge is -2.25. The number of halogens is 1. The minimum absolute atomic E-state index is 0.0448. The first kappa shape index (κ1) is 25.4. The lowest BCUT2D eigenvalue weighted by molar-refractivity contribution is -0.118. The van der Waals surface area contributed by atoms with Crippen molar-refractivity contribution in [3.05, 3.63) is 69.6 Å². The monoisotopic (exact) mass is 494 g/mol. The van der Waals surface area contributed by atoms with Crippen molar-refractivity contribution in [1.82, 2.24) is 14.8 Å². The molecule has 2 aliphatic heterocycles. The summed E-state index contributed by atoms with van der Waals surface area (Å²) in [7, 11) is 0. The van der Waals surface area contributed by atoms with Crippen molar-refractivity contribution in [1.29, 1.82) is 0 Å². The number of pyridine rings is 1. The van der Waals surface area contributed by atoms with E-state index in [2.05, 4.69) is 9.88 Å². The number of fused-ring (bicyclic) bond motifs is 1. The van der Waals surface area contributed by atoms with Gasteiger partial charge in [0, 0.05) is 68.2 Å². The quantitative estimate of drug-likeness (QED) is 0.509. The van der Waals surface area contributed by atoms with Crippen LogP contribution in [0.1, 0.15) is 53.4 Å². The fourth-order valence-electron chi connectivity index (χ4n) is 5.11. The number of likely N-dealkylation sites (tertiary alicyclic amines) is 1. The van der Waals surface area contributed by atoms with Crippen molar-refractivity contribution in [3.63, 3.8) is 0 Å². The maximum Gasteiger partial charge on any atom is 0.259 e. The van der Waals surface area contributed by atoms with Crippen LogP contribution >= 0.6 is 11.6 Å². The molecule has 0 N–H and O–H groups in total. The predicted octanol–water partition coefficient (Wildman–Crippen LogP) is 5.16. The second-order valence-electron chi connectivity index (χ2n) is 9.76. The minimum Gasteiger partial charge on any atom is -0.314 e. The van der Waals surface area contributed by atoms with Gasteiger partial charge >= 0.3 is 0 Å². The molecule has 1 unspecified atom stereocenters. The van der Waals surface area contributed by atoms with E-state index in [1.54, 1.807) is 6.20 Å². The molecular formula is C28H35ClN4O2. The Labute approximate surface area is 213 Å². The number of hydrogen-bond acceptors (Lipinski definition) is 4. The van der Waals surface area contributed by atoms with Gasteiger partial charge in [-0.25, -0.2) is 0 Å². The van der Waals surface area contributed by atoms with Crippen LogP contribution in [-0.4, -0.2) is 59.3 Å². The van der Waals surface area contributed by atoms with Crippen molar-refractivity contribution in [3.8, 4) is 0 Å². The number of amides is 2. The summed E-state index contributed by atoms with van der Waals surface area (Å²) >= 11 is 6.34. The Morgan fingerprint density at radius 2 is 1.94 bits per heavy atom. The number of rotatable bonds is 8. The van der Waals surface area contributed by atoms with E-state index >= 15 is 0 Å². The van der Waals surface area contributed by atoms with Crippen LogP contribution in [0.15, 0.2) is 42.2 Å². The van der Waals surface area contributed by atoms with Gasteiger partial charge in [0.05, 0.1) is 11.3 Å². The van der Waals surface area contributed by atoms with E-state index in [0.29, 0.717) is 29.5 Å². The van der Waals surface area contributed by atoms with Gasteiger partial charge in [0.2, 0.25) is 5.91 Å². The van der Waals surface area contributed by atoms with Gasteiger partial charge in [-0.05, 0) is 68.5 Å². The molecule has 2 aromatic rings. The normalized spacial score (nSPS) is 17.5. The first-order valence-corrected chi connectivity index (χ1v) is 12.9. The number of aryl methyl sites for hydroxylation is 3. The molecule has 0 radical (unpaired) electrons. The summed E-state index contributed by atoms with van der Waals surface area (Å²) in [5.74, 6) is 0.567. The molecule has 186 valence electrons. The van der Waals surface area contributed by atoms with Crippen LogP contribution in [-0.2, 0) is 4.79 Å². The highest BCUT2D eigenvalue weighted by Crippen LogP contribution is 2.31. The van der Waals surface area contributed by atoms with Crippen molar-refractivity contribution >= 4 is 29.1 Å². The van der Waals surface area contributed by atoms with Gasteiger partial charge in [-0.2, -0.15) is 0 Å². The van der Waals surface area contributed by atoms with Gasteiger partial charge in [0.15, 0.2) is 0 Å². The maximum absolute atomic E-state index is 13.1. The zero-order valence-electron chi connectivity index (χ0n) is 21.2. The largest absolute Gasteiger partial charge is 0.314 e. The summed E-state index contributed by atoms with van der Waals surface area (Å²) in [4.78, 5) is 36.4. The maximum atomic E-state index is 13.1. The Bertz CT molecular complexity index is 1130. The van der Waals surface area contributed by atoms with Gasteiger partial charge in [-0.1, -0.05) is 24.6 Å². The van der Waals surface area contributed by atoms with Crippen molar-refractivity contribution in [2.24, 2.45) is 5.92 Å². The van der Waals surface area contributed by atoms with Gasteiger partial charge in [-0.3, -0.25) is 19.5 Å². The van der Waals surface area contributed by atoms with Crippen LogP contribution in [0.5, 0.6) is 0 Å². The molecule has 1 atom stereocenters. The van der Waals surface area contributed by atoms with E-state index in [1.165, 1.54) is 5.57 Å². The van der Waals surface area contributed by atoms with E-state index in [0.717, 1.165) is 61.5 Å². The molecule has 0 aliphatic carbocycles. The Morgan fingerprint density at radius 1 is 1.14 bits per heavy atom. The molecule has 2 aliphatic rings. The van der Waals surface area contributed by atoms with E-state index < -0.39 is 0 Å². The molecule has 1 aromatic carbocycles. The van der Waals surface area contributed by atoms with E-state index in [-0.39, 0.29) is 11.8 Å². The first-order chi connectivity index (χ1) is 16.8. The Hall–Kier alpha value is -2.70. The van der Waals surface area contributed by atoms with Crippen molar-refractivity contribution in [2.45, 2.75) is 47.0 Å². The molecule has 0 spiro atoms. The van der Waals surface area contributed by atoms with E-state index in [1.807, 2.05) is 68.0 Å². The zero-order chi connectivity index (χ0) is 25.1. The minimum atomic E-state index is 0.0448. The van der Waals surface area contributed by atoms with Crippen LogP contribution in [0.3, 0.4) is 0 Å². The van der Waals surface area contributed by atoms with E-state index in [9.17, 15) is 9.59 Å². The number of carbonyl (C=O) groups is 2. The number of anilines is 1. The Morgan fingerprint density at radius 3 is 2.63 bits per heavy atom. The summed E-state index contributed by atoms with van der Waals surface area (Å²) in [6.07, 6.45) is 6.04. The molecule has 7 heteroatoms. The second kappa shape index (κ2) is 10.9. The van der Waals surface area contributed by atoms with E-state index in [4.69, 9.17) is 11.6 Å². The van der Waals surface area contributed by atoms with Crippen LogP contribution in [0.4, 0.5) is 5.69 Å². The van der Waals surface area contributed by atoms with Crippen molar-refractivity contribution < 1.29 is 9.59 Å². The lowest BCUT2D eigenvalue weighted by atomic mass is 10.1. The molecule has 3 heterocycles. The molecule has 1 saturated heterocycles. The topological polar surface area (TPSA) is 56.8 Å². The standard InChI is InChI=1S/C28H35ClN4O2/c1-5-7-26(34)33(24-9-8-19(2)25(29)14-24)13-6-12-31-15-22-17-32(18-23(22)16-31)28(35)27-20(3)10-11-30-21(27)4/h8-11,14,17,23H,5-7,12-13,15-16,18H2,1-4H3. The third-order valence-electron chi connectivity index (χ3n) is 7.06. The summed E-state index contributed by atoms with van der Waals surface area (Å²) in [5, 5.41) is 0.687. The number of nitrogens with zero attached hydrogens (tertiary/aromatic N) is 4. The third-order valence-corrected chi connectivity index (χ3v) is 7.47. The molecular weight excluding hydrogens is 460 g/mol. The highest BCUT2D eigenvalue weighted by atomic mass is 35.5. The summed E-state index contributed by atoms with van der Waals surface area (Å²) in [5.41, 5.74) is 5.67. The van der Waals surface area contributed by atoms with Crippen LogP contribution in [0, 0.1) is 26.7 Å². The third kappa shape index (κ3) is 5.60. The van der Waals surface area contributed by atoms with Gasteiger partial charge in [0.1, 0.15) is 0 Å². The van der Waals surface area contributed by atoms with Gasteiger partial charge in [0.25, 0.3) is 5.91 Å². The van der Waals surface area contributed by atoms with Crippen LogP contribution in [0.25, 0.3) is 0 Å². The SMILES string of the molecule is CCCC(=O)N(CCCN1CC2=CN(C(=O)c3c(C)ccnc3C)CC2C1)c1ccc(C)c(Cl)c1. The second-order valence-corrected chi connectivity index (χ2v) is 10.2. The fraction of sp³-hybridized carbons (Fsp3) is 0.464. The van der Waals surface area contributed by atoms with Crippen LogP contribution in [0.2, 0.25) is 5.02 Å². The van der Waals surface area contributed by atoms with Crippen molar-refractivity contribution in [2.75, 3.05) is 37.6 Å². The average Bonchev–Trinajstić information content (AvgIpc) is 3.37. The van der Waals surface area contributed by atoms with Crippen LogP contribution < -0.4 is 4.90 Å². The number of carbonyl (C=O) groups excluding carboxylic acids is 2. The molecule has 1 aromatic heterocycles. The Balaban J connectivity index is 1.35. The summed E-state index contributed by atoms with van der Waals surface area (Å²) < 4.78 is 0. The molecule has 6 nitrogen and oxygen atoms in total. The van der Waals surface area contributed by atoms with Gasteiger partial charge in [-0.15, -0.1) is 0 Å². The highest BCUT2D eigenvalue weighted by molar-refractivity contribution is 6.31. The Kier molecular flexibility index (Phi) is 7.92. The molecule has 35 heavy (non-hydrogen) atoms. The van der Waals surface area contributed by atoms with Gasteiger partial charge < -0.3 is 9.80 Å². The molecule has 0 bridgehead atoms. The number of hydrogen-bond donors (Lipinski definition) is 0. The number of benzene rings is 1. The molecule has 1 fully saturated rings. The molecule has 4 rings (SSSR count). The average molecular weight is 495 g/mol. The first-order valence-electron chi connectivity index (χ1n) is 12.5. The predicted molar refractivity (Wildman–Crippen MR) is 141 cm³/mol. The molecule has 0 saturated carbocycles.